The Morgan fingerprint density at radius 3 is 2.43 bits per heavy atom. The maximum atomic E-state index is 12.8. The van der Waals surface area contributed by atoms with E-state index < -0.39 is 10.0 Å². The van der Waals surface area contributed by atoms with Crippen molar-refractivity contribution in [1.82, 2.24) is 4.31 Å². The van der Waals surface area contributed by atoms with Crippen molar-refractivity contribution in [1.29, 1.82) is 0 Å². The smallest absolute Gasteiger partial charge is 0.243 e. The number of nitrogens with zero attached hydrogens (tertiary/aromatic N) is 1. The Morgan fingerprint density at radius 1 is 1.24 bits per heavy atom. The highest BCUT2D eigenvalue weighted by Crippen LogP contribution is 2.33. The predicted octanol–water partition coefficient (Wildman–Crippen LogP) is 1.42. The second kappa shape index (κ2) is 6.21. The van der Waals surface area contributed by atoms with Crippen molar-refractivity contribution >= 4 is 10.0 Å². The van der Waals surface area contributed by atoms with E-state index >= 15 is 0 Å². The second-order valence-corrected chi connectivity index (χ2v) is 6.92. The van der Waals surface area contributed by atoms with Gasteiger partial charge in [0.15, 0.2) is 11.5 Å². The van der Waals surface area contributed by atoms with Crippen LogP contribution in [-0.2, 0) is 14.8 Å². The number of benzene rings is 1. The fourth-order valence-electron chi connectivity index (χ4n) is 2.38. The van der Waals surface area contributed by atoms with Gasteiger partial charge in [-0.15, -0.1) is 0 Å². The van der Waals surface area contributed by atoms with Crippen LogP contribution in [0.25, 0.3) is 0 Å². The van der Waals surface area contributed by atoms with Gasteiger partial charge in [0.2, 0.25) is 10.0 Å². The molecule has 1 atom stereocenters. The van der Waals surface area contributed by atoms with Crippen molar-refractivity contribution in [2.75, 3.05) is 33.9 Å². The summed E-state index contributed by atoms with van der Waals surface area (Å²) in [5.74, 6) is 0.923. The number of aryl methyl sites for hydroxylation is 1. The van der Waals surface area contributed by atoms with Crippen LogP contribution in [0.1, 0.15) is 12.5 Å². The molecule has 1 aromatic rings. The van der Waals surface area contributed by atoms with E-state index in [1.807, 2.05) is 6.92 Å². The molecular weight excluding hydrogens is 294 g/mol. The van der Waals surface area contributed by atoms with Crippen LogP contribution in [0.4, 0.5) is 0 Å². The normalized spacial score (nSPS) is 20.3. The molecule has 6 nitrogen and oxygen atoms in total. The number of morpholine rings is 1. The number of ether oxygens (including phenoxy) is 3. The molecule has 0 saturated carbocycles. The molecule has 0 spiro atoms. The van der Waals surface area contributed by atoms with Crippen LogP contribution in [0.3, 0.4) is 0 Å². The standard InChI is InChI=1S/C14H21NO5S/c1-10-7-12(18-3)13(19-4)8-14(10)21(16,17)15-5-6-20-11(2)9-15/h7-8,11H,5-6,9H2,1-4H3. The summed E-state index contributed by atoms with van der Waals surface area (Å²) in [4.78, 5) is 0.245. The first-order valence-electron chi connectivity index (χ1n) is 6.74. The monoisotopic (exact) mass is 315 g/mol. The Morgan fingerprint density at radius 2 is 1.86 bits per heavy atom. The summed E-state index contributed by atoms with van der Waals surface area (Å²) >= 11 is 0. The molecule has 118 valence electrons. The van der Waals surface area contributed by atoms with Crippen molar-refractivity contribution in [3.63, 3.8) is 0 Å². The summed E-state index contributed by atoms with van der Waals surface area (Å²) in [6, 6.07) is 3.19. The first kappa shape index (κ1) is 16.1. The zero-order chi connectivity index (χ0) is 15.6. The largest absolute Gasteiger partial charge is 0.493 e. The molecule has 0 radical (unpaired) electrons. The van der Waals surface area contributed by atoms with Crippen molar-refractivity contribution in [2.24, 2.45) is 0 Å². The Balaban J connectivity index is 2.44. The Labute approximate surface area is 125 Å². The molecule has 21 heavy (non-hydrogen) atoms. The van der Waals surface area contributed by atoms with Gasteiger partial charge in [0.05, 0.1) is 31.8 Å². The third-order valence-corrected chi connectivity index (χ3v) is 5.51. The molecular formula is C14H21NO5S. The van der Waals surface area contributed by atoms with E-state index in [0.29, 0.717) is 36.8 Å². The van der Waals surface area contributed by atoms with Gasteiger partial charge in [-0.2, -0.15) is 4.31 Å². The summed E-state index contributed by atoms with van der Waals surface area (Å²) in [7, 11) is -0.556. The number of hydrogen-bond acceptors (Lipinski definition) is 5. The zero-order valence-corrected chi connectivity index (χ0v) is 13.6. The third-order valence-electron chi connectivity index (χ3n) is 3.50. The minimum Gasteiger partial charge on any atom is -0.493 e. The molecule has 1 unspecified atom stereocenters. The van der Waals surface area contributed by atoms with Crippen LogP contribution in [-0.4, -0.2) is 52.7 Å². The topological polar surface area (TPSA) is 65.1 Å². The second-order valence-electron chi connectivity index (χ2n) is 5.02. The highest BCUT2D eigenvalue weighted by Gasteiger charge is 2.31. The third kappa shape index (κ3) is 3.14. The van der Waals surface area contributed by atoms with E-state index in [4.69, 9.17) is 14.2 Å². The maximum absolute atomic E-state index is 12.8. The van der Waals surface area contributed by atoms with E-state index in [0.717, 1.165) is 0 Å². The van der Waals surface area contributed by atoms with Gasteiger partial charge in [0, 0.05) is 19.2 Å². The summed E-state index contributed by atoms with van der Waals surface area (Å²) < 4.78 is 42.8. The van der Waals surface area contributed by atoms with Crippen LogP contribution < -0.4 is 9.47 Å². The molecule has 1 aromatic carbocycles. The first-order chi connectivity index (χ1) is 9.90. The van der Waals surface area contributed by atoms with Crippen LogP contribution in [0.5, 0.6) is 11.5 Å². The van der Waals surface area contributed by atoms with E-state index in [9.17, 15) is 8.42 Å². The van der Waals surface area contributed by atoms with Crippen molar-refractivity contribution in [2.45, 2.75) is 24.8 Å². The number of methoxy groups -OCH3 is 2. The van der Waals surface area contributed by atoms with Gasteiger partial charge in [0.25, 0.3) is 0 Å². The number of sulfonamides is 1. The van der Waals surface area contributed by atoms with Crippen molar-refractivity contribution in [3.05, 3.63) is 17.7 Å². The SMILES string of the molecule is COc1cc(C)c(S(=O)(=O)N2CCOC(C)C2)cc1OC. The molecule has 0 aliphatic carbocycles. The molecule has 0 amide bonds. The molecule has 1 saturated heterocycles. The van der Waals surface area contributed by atoms with Gasteiger partial charge in [0.1, 0.15) is 0 Å². The highest BCUT2D eigenvalue weighted by atomic mass is 32.2. The van der Waals surface area contributed by atoms with Crippen LogP contribution in [0.15, 0.2) is 17.0 Å². The van der Waals surface area contributed by atoms with Gasteiger partial charge in [-0.1, -0.05) is 0 Å². The zero-order valence-electron chi connectivity index (χ0n) is 12.8. The molecule has 7 heteroatoms. The van der Waals surface area contributed by atoms with Crippen LogP contribution in [0.2, 0.25) is 0 Å². The fourth-order valence-corrected chi connectivity index (χ4v) is 4.10. The molecule has 0 bridgehead atoms. The highest BCUT2D eigenvalue weighted by molar-refractivity contribution is 7.89. The van der Waals surface area contributed by atoms with Gasteiger partial charge >= 0.3 is 0 Å². The van der Waals surface area contributed by atoms with E-state index in [-0.39, 0.29) is 11.0 Å². The summed E-state index contributed by atoms with van der Waals surface area (Å²) in [6.07, 6.45) is -0.103. The molecule has 1 fully saturated rings. The average Bonchev–Trinajstić information content (AvgIpc) is 2.46. The first-order valence-corrected chi connectivity index (χ1v) is 8.18. The molecule has 1 heterocycles. The molecule has 0 N–H and O–H groups in total. The van der Waals surface area contributed by atoms with Crippen molar-refractivity contribution in [3.8, 4) is 11.5 Å². The van der Waals surface area contributed by atoms with Crippen LogP contribution >= 0.6 is 0 Å². The van der Waals surface area contributed by atoms with E-state index in [1.54, 1.807) is 13.0 Å². The lowest BCUT2D eigenvalue weighted by atomic mass is 10.2. The Kier molecular flexibility index (Phi) is 4.75. The average molecular weight is 315 g/mol. The summed E-state index contributed by atoms with van der Waals surface area (Å²) in [6.45, 7) is 4.74. The number of hydrogen-bond donors (Lipinski definition) is 0. The van der Waals surface area contributed by atoms with Gasteiger partial charge in [-0.25, -0.2) is 8.42 Å². The minimum absolute atomic E-state index is 0.103. The Bertz CT molecular complexity index is 614. The van der Waals surface area contributed by atoms with Gasteiger partial charge < -0.3 is 14.2 Å². The summed E-state index contributed by atoms with van der Waals surface area (Å²) in [5, 5.41) is 0. The summed E-state index contributed by atoms with van der Waals surface area (Å²) in [5.41, 5.74) is 0.631. The molecule has 1 aliphatic rings. The molecule has 1 aliphatic heterocycles. The van der Waals surface area contributed by atoms with E-state index in [2.05, 4.69) is 0 Å². The quantitative estimate of drug-likeness (QED) is 0.841. The van der Waals surface area contributed by atoms with Gasteiger partial charge in [-0.05, 0) is 25.5 Å². The molecule has 2 rings (SSSR count). The lowest BCUT2D eigenvalue weighted by Crippen LogP contribution is -2.44. The van der Waals surface area contributed by atoms with Crippen molar-refractivity contribution < 1.29 is 22.6 Å². The predicted molar refractivity (Wildman–Crippen MR) is 78.5 cm³/mol. The van der Waals surface area contributed by atoms with Gasteiger partial charge in [-0.3, -0.25) is 0 Å². The fraction of sp³-hybridized carbons (Fsp3) is 0.571. The van der Waals surface area contributed by atoms with E-state index in [1.165, 1.54) is 24.6 Å². The Hall–Kier alpha value is -1.31. The van der Waals surface area contributed by atoms with Crippen LogP contribution in [0, 0.1) is 6.92 Å². The lowest BCUT2D eigenvalue weighted by Gasteiger charge is -2.30. The lowest BCUT2D eigenvalue weighted by molar-refractivity contribution is 0.0101. The maximum Gasteiger partial charge on any atom is 0.243 e. The minimum atomic E-state index is -3.57. The molecule has 0 aromatic heterocycles. The number of rotatable bonds is 4.